The van der Waals surface area contributed by atoms with Crippen LogP contribution in [0.5, 0.6) is 5.88 Å². The fourth-order valence-electron chi connectivity index (χ4n) is 3.79. The first-order chi connectivity index (χ1) is 16.5. The second kappa shape index (κ2) is 9.64. The third-order valence-electron chi connectivity index (χ3n) is 5.62. The predicted molar refractivity (Wildman–Crippen MR) is 131 cm³/mol. The minimum Gasteiger partial charge on any atom is -0.475 e. The molecule has 2 aromatic heterocycles. The molecule has 9 heteroatoms. The fraction of sp³-hybridized carbons (Fsp3) is 0.360. The summed E-state index contributed by atoms with van der Waals surface area (Å²) in [5.41, 5.74) is 3.90. The number of ether oxygens (including phenoxy) is 1. The third kappa shape index (κ3) is 5.43. The van der Waals surface area contributed by atoms with Crippen LogP contribution in [0.4, 0.5) is 23.3 Å². The highest BCUT2D eigenvalue weighted by atomic mass is 16.5. The van der Waals surface area contributed by atoms with E-state index in [1.807, 2.05) is 32.0 Å². The summed E-state index contributed by atoms with van der Waals surface area (Å²) in [6.07, 6.45) is 4.54. The lowest BCUT2D eigenvalue weighted by Gasteiger charge is -2.18. The molecule has 3 aromatic rings. The van der Waals surface area contributed by atoms with E-state index in [-0.39, 0.29) is 18.1 Å². The van der Waals surface area contributed by atoms with Gasteiger partial charge in [0.15, 0.2) is 0 Å². The average Bonchev–Trinajstić information content (AvgIpc) is 3.63. The Morgan fingerprint density at radius 3 is 2.82 bits per heavy atom. The van der Waals surface area contributed by atoms with Crippen LogP contribution in [0.15, 0.2) is 42.6 Å². The van der Waals surface area contributed by atoms with Crippen molar-refractivity contribution in [3.05, 3.63) is 59.3 Å². The van der Waals surface area contributed by atoms with Gasteiger partial charge in [0.1, 0.15) is 17.2 Å². The first kappa shape index (κ1) is 22.1. The van der Waals surface area contributed by atoms with Crippen LogP contribution < -0.4 is 26.0 Å². The number of aromatic nitrogens is 3. The molecule has 5 rings (SSSR count). The molecular formula is C25H29N7O2. The first-order valence-corrected chi connectivity index (χ1v) is 11.7. The summed E-state index contributed by atoms with van der Waals surface area (Å²) in [7, 11) is 0. The van der Waals surface area contributed by atoms with Crippen LogP contribution in [0.1, 0.15) is 48.2 Å². The van der Waals surface area contributed by atoms with E-state index in [4.69, 9.17) is 4.74 Å². The van der Waals surface area contributed by atoms with Gasteiger partial charge in [0.2, 0.25) is 11.8 Å². The van der Waals surface area contributed by atoms with E-state index in [2.05, 4.69) is 48.4 Å². The maximum atomic E-state index is 12.8. The molecule has 2 aliphatic rings. The van der Waals surface area contributed by atoms with E-state index < -0.39 is 0 Å². The number of pyridine rings is 1. The Kier molecular flexibility index (Phi) is 6.27. The normalized spacial score (nSPS) is 14.9. The first-order valence-electron chi connectivity index (χ1n) is 11.7. The number of nitrogens with zero attached hydrogens (tertiary/aromatic N) is 3. The van der Waals surface area contributed by atoms with Gasteiger partial charge in [-0.25, -0.2) is 4.98 Å². The fourth-order valence-corrected chi connectivity index (χ4v) is 3.79. The van der Waals surface area contributed by atoms with E-state index in [1.165, 1.54) is 11.1 Å². The van der Waals surface area contributed by atoms with Crippen molar-refractivity contribution >= 4 is 29.2 Å². The van der Waals surface area contributed by atoms with E-state index in [1.54, 1.807) is 12.3 Å². The van der Waals surface area contributed by atoms with Gasteiger partial charge in [0.05, 0.1) is 6.10 Å². The number of rotatable bonds is 8. The SMILES string of the molecule is CC(C)Oc1cccc(Nc2nc(Nc3ccc4c(c3)CCNC4)ncc2C(=O)NC2CC2)n1. The largest absolute Gasteiger partial charge is 0.475 e. The van der Waals surface area contributed by atoms with Crippen LogP contribution >= 0.6 is 0 Å². The standard InChI is InChI=1S/C25H29N7O2/c1-15(2)34-22-5-3-4-21(30-22)31-23-20(24(33)28-18-8-9-18)14-27-25(32-23)29-19-7-6-17-13-26-11-10-16(17)12-19/h3-7,12,14-15,18,26H,8-11,13H2,1-2H3,(H,28,33)(H2,27,29,30,31,32). The van der Waals surface area contributed by atoms with E-state index >= 15 is 0 Å². The molecule has 0 saturated heterocycles. The maximum absolute atomic E-state index is 12.8. The lowest BCUT2D eigenvalue weighted by Crippen LogP contribution is -2.26. The molecule has 0 spiro atoms. The van der Waals surface area contributed by atoms with Gasteiger partial charge >= 0.3 is 0 Å². The summed E-state index contributed by atoms with van der Waals surface area (Å²) in [6.45, 7) is 5.75. The van der Waals surface area contributed by atoms with Crippen LogP contribution in [0.25, 0.3) is 0 Å². The van der Waals surface area contributed by atoms with Crippen molar-refractivity contribution in [2.75, 3.05) is 17.2 Å². The highest BCUT2D eigenvalue weighted by Gasteiger charge is 2.26. The molecule has 0 atom stereocenters. The summed E-state index contributed by atoms with van der Waals surface area (Å²) in [5, 5.41) is 12.9. The molecule has 9 nitrogen and oxygen atoms in total. The Balaban J connectivity index is 1.41. The molecule has 0 bridgehead atoms. The number of hydrogen-bond donors (Lipinski definition) is 4. The summed E-state index contributed by atoms with van der Waals surface area (Å²) < 4.78 is 5.70. The molecule has 1 saturated carbocycles. The van der Waals surface area contributed by atoms with Crippen LogP contribution in [-0.2, 0) is 13.0 Å². The Hall–Kier alpha value is -3.72. The van der Waals surface area contributed by atoms with Gasteiger partial charge in [-0.1, -0.05) is 12.1 Å². The lowest BCUT2D eigenvalue weighted by atomic mass is 10.0. The number of amides is 1. The van der Waals surface area contributed by atoms with Crippen LogP contribution in [0.2, 0.25) is 0 Å². The molecular weight excluding hydrogens is 430 g/mol. The van der Waals surface area contributed by atoms with Crippen molar-refractivity contribution in [3.8, 4) is 5.88 Å². The molecule has 1 amide bonds. The maximum Gasteiger partial charge on any atom is 0.256 e. The van der Waals surface area contributed by atoms with Crippen molar-refractivity contribution in [3.63, 3.8) is 0 Å². The second-order valence-corrected chi connectivity index (χ2v) is 8.89. The highest BCUT2D eigenvalue weighted by Crippen LogP contribution is 2.26. The predicted octanol–water partition coefficient (Wildman–Crippen LogP) is 3.68. The molecule has 3 heterocycles. The van der Waals surface area contributed by atoms with Crippen molar-refractivity contribution in [2.24, 2.45) is 0 Å². The molecule has 34 heavy (non-hydrogen) atoms. The quantitative estimate of drug-likeness (QED) is 0.404. The Bertz CT molecular complexity index is 1190. The van der Waals surface area contributed by atoms with Gasteiger partial charge in [-0.2, -0.15) is 9.97 Å². The monoisotopic (exact) mass is 459 g/mol. The van der Waals surface area contributed by atoms with E-state index in [9.17, 15) is 4.79 Å². The second-order valence-electron chi connectivity index (χ2n) is 8.89. The Labute approximate surface area is 198 Å². The number of anilines is 4. The number of benzene rings is 1. The number of carbonyl (C=O) groups excluding carboxylic acids is 1. The minimum absolute atomic E-state index is 0.00452. The average molecular weight is 460 g/mol. The highest BCUT2D eigenvalue weighted by molar-refractivity contribution is 5.99. The van der Waals surface area contributed by atoms with Crippen molar-refractivity contribution < 1.29 is 9.53 Å². The zero-order chi connectivity index (χ0) is 23.5. The van der Waals surface area contributed by atoms with Gasteiger partial charge in [-0.3, -0.25) is 4.79 Å². The lowest BCUT2D eigenvalue weighted by molar-refractivity contribution is 0.0951. The Morgan fingerprint density at radius 2 is 2.00 bits per heavy atom. The van der Waals surface area contributed by atoms with Crippen molar-refractivity contribution in [1.29, 1.82) is 0 Å². The van der Waals surface area contributed by atoms with Gasteiger partial charge in [0.25, 0.3) is 5.91 Å². The van der Waals surface area contributed by atoms with Gasteiger partial charge in [-0.15, -0.1) is 0 Å². The number of fused-ring (bicyclic) bond motifs is 1. The summed E-state index contributed by atoms with van der Waals surface area (Å²) in [5.74, 6) is 1.61. The van der Waals surface area contributed by atoms with Crippen LogP contribution in [0, 0.1) is 0 Å². The number of carbonyl (C=O) groups is 1. The van der Waals surface area contributed by atoms with Crippen LogP contribution in [-0.4, -0.2) is 39.5 Å². The molecule has 1 aromatic carbocycles. The van der Waals surface area contributed by atoms with E-state index in [0.717, 1.165) is 38.0 Å². The zero-order valence-corrected chi connectivity index (χ0v) is 19.4. The summed E-state index contributed by atoms with van der Waals surface area (Å²) >= 11 is 0. The number of nitrogens with one attached hydrogen (secondary N) is 4. The Morgan fingerprint density at radius 1 is 1.12 bits per heavy atom. The van der Waals surface area contributed by atoms with Gasteiger partial charge < -0.3 is 26.0 Å². The topological polar surface area (TPSA) is 113 Å². The molecule has 0 unspecified atom stereocenters. The smallest absolute Gasteiger partial charge is 0.256 e. The molecule has 176 valence electrons. The van der Waals surface area contributed by atoms with Crippen LogP contribution in [0.3, 0.4) is 0 Å². The molecule has 1 aliphatic heterocycles. The van der Waals surface area contributed by atoms with Crippen molar-refractivity contribution in [1.82, 2.24) is 25.6 Å². The van der Waals surface area contributed by atoms with E-state index in [0.29, 0.717) is 29.0 Å². The molecule has 1 aliphatic carbocycles. The van der Waals surface area contributed by atoms with Gasteiger partial charge in [-0.05, 0) is 69.0 Å². The minimum atomic E-state index is -0.201. The number of hydrogen-bond acceptors (Lipinski definition) is 8. The summed E-state index contributed by atoms with van der Waals surface area (Å²) in [4.78, 5) is 26.4. The molecule has 0 radical (unpaired) electrons. The summed E-state index contributed by atoms with van der Waals surface area (Å²) in [6, 6.07) is 11.9. The molecule has 4 N–H and O–H groups in total. The van der Waals surface area contributed by atoms with Gasteiger partial charge in [0, 0.05) is 30.5 Å². The van der Waals surface area contributed by atoms with Crippen molar-refractivity contribution in [2.45, 2.75) is 51.8 Å². The molecule has 1 fully saturated rings. The zero-order valence-electron chi connectivity index (χ0n) is 19.4. The third-order valence-corrected chi connectivity index (χ3v) is 5.62.